The van der Waals surface area contributed by atoms with Gasteiger partial charge in [-0.15, -0.1) is 35.3 Å². The summed E-state index contributed by atoms with van der Waals surface area (Å²) in [5, 5.41) is 9.11. The highest BCUT2D eigenvalue weighted by atomic mass is 127. The molecule has 2 N–H and O–H groups in total. The van der Waals surface area contributed by atoms with Crippen molar-refractivity contribution in [2.75, 3.05) is 33.2 Å². The number of hydrogen-bond donors (Lipinski definition) is 2. The summed E-state index contributed by atoms with van der Waals surface area (Å²) in [5.41, 5.74) is 1.30. The van der Waals surface area contributed by atoms with E-state index in [-0.39, 0.29) is 30.1 Å². The fraction of sp³-hybridized carbons (Fsp3) is 0.500. The lowest BCUT2D eigenvalue weighted by atomic mass is 9.97. The Morgan fingerprint density at radius 3 is 2.66 bits per heavy atom. The first-order valence-electron chi connectivity index (χ1n) is 10.2. The molecule has 0 radical (unpaired) electrons. The average Bonchev–Trinajstić information content (AvgIpc) is 3.38. The van der Waals surface area contributed by atoms with E-state index in [0.29, 0.717) is 5.92 Å². The summed E-state index contributed by atoms with van der Waals surface area (Å²) in [6, 6.07) is 12.7. The van der Waals surface area contributed by atoms with Crippen molar-refractivity contribution in [3.63, 3.8) is 0 Å². The van der Waals surface area contributed by atoms with Gasteiger partial charge in [0.1, 0.15) is 11.9 Å². The first kappa shape index (κ1) is 22.4. The number of piperidine rings is 1. The molecule has 158 valence electrons. The van der Waals surface area contributed by atoms with Gasteiger partial charge in [-0.25, -0.2) is 0 Å². The summed E-state index contributed by atoms with van der Waals surface area (Å²) < 4.78 is 6.00. The van der Waals surface area contributed by atoms with Crippen LogP contribution in [0.3, 0.4) is 0 Å². The Labute approximate surface area is 195 Å². The molecule has 2 aliphatic heterocycles. The SMILES string of the molecule is CN=C(NCC1CCN(Cc2cccs2)CC1)NCC1Cc2ccccc2O1.I. The fourth-order valence-electron chi connectivity index (χ4n) is 4.01. The van der Waals surface area contributed by atoms with Crippen molar-refractivity contribution in [1.82, 2.24) is 15.5 Å². The van der Waals surface area contributed by atoms with Gasteiger partial charge >= 0.3 is 0 Å². The van der Waals surface area contributed by atoms with E-state index in [1.807, 2.05) is 30.5 Å². The topological polar surface area (TPSA) is 48.9 Å². The summed E-state index contributed by atoms with van der Waals surface area (Å²) in [4.78, 5) is 8.42. The number of nitrogens with one attached hydrogen (secondary N) is 2. The van der Waals surface area contributed by atoms with Crippen molar-refractivity contribution in [2.45, 2.75) is 31.9 Å². The van der Waals surface area contributed by atoms with Crippen LogP contribution < -0.4 is 15.4 Å². The van der Waals surface area contributed by atoms with Gasteiger partial charge in [0.2, 0.25) is 0 Å². The molecular formula is C22H31IN4OS. The monoisotopic (exact) mass is 526 g/mol. The highest BCUT2D eigenvalue weighted by Crippen LogP contribution is 2.27. The molecule has 7 heteroatoms. The van der Waals surface area contributed by atoms with Gasteiger partial charge in [0.15, 0.2) is 5.96 Å². The fourth-order valence-corrected chi connectivity index (χ4v) is 4.76. The summed E-state index contributed by atoms with van der Waals surface area (Å²) in [6.45, 7) is 5.23. The first-order valence-corrected chi connectivity index (χ1v) is 11.1. The number of benzene rings is 1. The molecule has 1 unspecified atom stereocenters. The average molecular weight is 526 g/mol. The summed E-state index contributed by atoms with van der Waals surface area (Å²) in [5.74, 6) is 2.61. The third-order valence-corrected chi connectivity index (χ3v) is 6.52. The highest BCUT2D eigenvalue weighted by Gasteiger charge is 2.23. The van der Waals surface area contributed by atoms with Crippen LogP contribution >= 0.6 is 35.3 Å². The van der Waals surface area contributed by atoms with Crippen LogP contribution in [-0.4, -0.2) is 50.2 Å². The second-order valence-electron chi connectivity index (χ2n) is 7.68. The quantitative estimate of drug-likeness (QED) is 0.342. The molecule has 1 aromatic carbocycles. The smallest absolute Gasteiger partial charge is 0.191 e. The van der Waals surface area contributed by atoms with Crippen molar-refractivity contribution in [1.29, 1.82) is 0 Å². The van der Waals surface area contributed by atoms with Crippen LogP contribution in [0.5, 0.6) is 5.75 Å². The summed E-state index contributed by atoms with van der Waals surface area (Å²) in [7, 11) is 1.84. The second kappa shape index (κ2) is 11.2. The zero-order valence-corrected chi connectivity index (χ0v) is 20.1. The van der Waals surface area contributed by atoms with Gasteiger partial charge in [0, 0.05) is 31.4 Å². The number of aliphatic imine (C=N–C) groups is 1. The molecule has 2 aromatic rings. The molecule has 3 heterocycles. The van der Waals surface area contributed by atoms with Crippen LogP contribution in [0.4, 0.5) is 0 Å². The van der Waals surface area contributed by atoms with Crippen molar-refractivity contribution in [3.8, 4) is 5.75 Å². The normalized spacial score (nSPS) is 19.9. The largest absolute Gasteiger partial charge is 0.488 e. The molecule has 0 amide bonds. The number of thiophene rings is 1. The predicted octanol–water partition coefficient (Wildman–Crippen LogP) is 3.75. The minimum absolute atomic E-state index is 0. The maximum atomic E-state index is 6.00. The third kappa shape index (κ3) is 6.33. The van der Waals surface area contributed by atoms with E-state index in [1.165, 1.54) is 36.4 Å². The van der Waals surface area contributed by atoms with E-state index in [0.717, 1.165) is 37.8 Å². The molecule has 0 bridgehead atoms. The molecule has 5 nitrogen and oxygen atoms in total. The third-order valence-electron chi connectivity index (χ3n) is 5.66. The number of fused-ring (bicyclic) bond motifs is 1. The Hall–Kier alpha value is -1.32. The predicted molar refractivity (Wildman–Crippen MR) is 132 cm³/mol. The van der Waals surface area contributed by atoms with E-state index in [4.69, 9.17) is 4.74 Å². The van der Waals surface area contributed by atoms with Crippen LogP contribution in [0, 0.1) is 5.92 Å². The lowest BCUT2D eigenvalue weighted by molar-refractivity contribution is 0.179. The molecule has 0 spiro atoms. The number of rotatable bonds is 6. The van der Waals surface area contributed by atoms with Crippen LogP contribution in [0.2, 0.25) is 0 Å². The Balaban J connectivity index is 0.00000240. The van der Waals surface area contributed by atoms with E-state index < -0.39 is 0 Å². The standard InChI is InChI=1S/C22H30N4OS.HI/c1-23-22(25-15-19-13-18-5-2-3-7-21(18)27-19)24-14-17-8-10-26(11-9-17)16-20-6-4-12-28-20;/h2-7,12,17,19H,8-11,13-16H2,1H3,(H2,23,24,25);1H. The number of hydrogen-bond acceptors (Lipinski definition) is 4. The molecule has 4 rings (SSSR count). The van der Waals surface area contributed by atoms with Crippen LogP contribution in [-0.2, 0) is 13.0 Å². The minimum atomic E-state index is 0. The van der Waals surface area contributed by atoms with Gasteiger partial charge in [-0.3, -0.25) is 9.89 Å². The molecule has 0 saturated carbocycles. The first-order chi connectivity index (χ1) is 13.8. The van der Waals surface area contributed by atoms with Crippen LogP contribution in [0.25, 0.3) is 0 Å². The second-order valence-corrected chi connectivity index (χ2v) is 8.72. The van der Waals surface area contributed by atoms with Crippen molar-refractivity contribution in [2.24, 2.45) is 10.9 Å². The van der Waals surface area contributed by atoms with E-state index in [1.54, 1.807) is 0 Å². The molecule has 29 heavy (non-hydrogen) atoms. The molecule has 1 atom stereocenters. The van der Waals surface area contributed by atoms with Crippen molar-refractivity contribution >= 4 is 41.3 Å². The lowest BCUT2D eigenvalue weighted by Gasteiger charge is -2.32. The van der Waals surface area contributed by atoms with Gasteiger partial charge in [-0.1, -0.05) is 24.3 Å². The van der Waals surface area contributed by atoms with E-state index >= 15 is 0 Å². The van der Waals surface area contributed by atoms with E-state index in [2.05, 4.69) is 50.2 Å². The van der Waals surface area contributed by atoms with Gasteiger partial charge in [0.05, 0.1) is 6.54 Å². The van der Waals surface area contributed by atoms with Gasteiger partial charge in [-0.2, -0.15) is 0 Å². The van der Waals surface area contributed by atoms with E-state index in [9.17, 15) is 0 Å². The number of nitrogens with zero attached hydrogens (tertiary/aromatic N) is 2. The molecule has 1 saturated heterocycles. The highest BCUT2D eigenvalue weighted by molar-refractivity contribution is 14.0. The number of likely N-dealkylation sites (tertiary alicyclic amines) is 1. The van der Waals surface area contributed by atoms with Gasteiger partial charge in [0.25, 0.3) is 0 Å². The zero-order valence-electron chi connectivity index (χ0n) is 17.0. The molecule has 1 aromatic heterocycles. The molecule has 2 aliphatic rings. The Morgan fingerprint density at radius 1 is 1.14 bits per heavy atom. The van der Waals surface area contributed by atoms with Gasteiger partial charge < -0.3 is 15.4 Å². The molecule has 0 aliphatic carbocycles. The molecule has 1 fully saturated rings. The van der Waals surface area contributed by atoms with Gasteiger partial charge in [-0.05, 0) is 54.9 Å². The summed E-state index contributed by atoms with van der Waals surface area (Å²) in [6.07, 6.45) is 3.63. The number of guanidine groups is 1. The molecular weight excluding hydrogens is 495 g/mol. The maximum Gasteiger partial charge on any atom is 0.191 e. The Bertz CT molecular complexity index is 750. The Kier molecular flexibility index (Phi) is 8.62. The Morgan fingerprint density at radius 2 is 1.93 bits per heavy atom. The zero-order chi connectivity index (χ0) is 19.2. The van der Waals surface area contributed by atoms with Crippen molar-refractivity contribution < 1.29 is 4.74 Å². The number of ether oxygens (including phenoxy) is 1. The summed E-state index contributed by atoms with van der Waals surface area (Å²) >= 11 is 1.86. The minimum Gasteiger partial charge on any atom is -0.488 e. The van der Waals surface area contributed by atoms with Crippen LogP contribution in [0.15, 0.2) is 46.8 Å². The van der Waals surface area contributed by atoms with Crippen LogP contribution in [0.1, 0.15) is 23.3 Å². The number of para-hydroxylation sites is 1. The lowest BCUT2D eigenvalue weighted by Crippen LogP contribution is -2.45. The van der Waals surface area contributed by atoms with Crippen molar-refractivity contribution in [3.05, 3.63) is 52.2 Å². The number of halogens is 1. The maximum absolute atomic E-state index is 6.00.